The molecule has 98 valence electrons. The second-order valence-electron chi connectivity index (χ2n) is 4.80. The van der Waals surface area contributed by atoms with E-state index in [9.17, 15) is 9.59 Å². The van der Waals surface area contributed by atoms with Gasteiger partial charge in [-0.2, -0.15) is 0 Å². The number of amides is 1. The van der Waals surface area contributed by atoms with E-state index < -0.39 is 11.9 Å². The lowest BCUT2D eigenvalue weighted by Gasteiger charge is -2.18. The number of carbonyl (C=O) groups excluding carboxylic acids is 1. The van der Waals surface area contributed by atoms with Crippen molar-refractivity contribution in [2.75, 3.05) is 0 Å². The molecule has 1 aliphatic carbocycles. The maximum Gasteiger partial charge on any atom is 0.308 e. The summed E-state index contributed by atoms with van der Waals surface area (Å²) in [6.07, 6.45) is 4.34. The molecule has 5 heteroatoms. The number of carboxylic acids is 1. The molecule has 17 heavy (non-hydrogen) atoms. The van der Waals surface area contributed by atoms with Gasteiger partial charge in [-0.1, -0.05) is 19.8 Å². The number of nitrogens with one attached hydrogen (secondary N) is 1. The van der Waals surface area contributed by atoms with E-state index in [1.807, 2.05) is 6.92 Å². The van der Waals surface area contributed by atoms with Crippen LogP contribution in [0.25, 0.3) is 0 Å². The minimum Gasteiger partial charge on any atom is -0.481 e. The van der Waals surface area contributed by atoms with Crippen molar-refractivity contribution in [2.45, 2.75) is 57.5 Å². The van der Waals surface area contributed by atoms with E-state index in [0.29, 0.717) is 6.42 Å². The van der Waals surface area contributed by atoms with Crippen LogP contribution in [0.2, 0.25) is 0 Å². The van der Waals surface area contributed by atoms with Crippen molar-refractivity contribution in [2.24, 2.45) is 11.7 Å². The molecule has 0 aromatic heterocycles. The van der Waals surface area contributed by atoms with Gasteiger partial charge in [0.15, 0.2) is 0 Å². The molecule has 1 rings (SSSR count). The third-order valence-electron chi connectivity index (χ3n) is 3.29. The molecule has 1 saturated carbocycles. The van der Waals surface area contributed by atoms with E-state index in [1.165, 1.54) is 0 Å². The molecule has 1 fully saturated rings. The number of rotatable bonds is 6. The van der Waals surface area contributed by atoms with Crippen LogP contribution in [-0.2, 0) is 9.59 Å². The highest BCUT2D eigenvalue weighted by molar-refractivity contribution is 5.78. The Hall–Kier alpha value is -1.10. The van der Waals surface area contributed by atoms with Crippen molar-refractivity contribution in [1.29, 1.82) is 0 Å². The van der Waals surface area contributed by atoms with E-state index in [1.54, 1.807) is 0 Å². The first-order valence-corrected chi connectivity index (χ1v) is 6.32. The van der Waals surface area contributed by atoms with Gasteiger partial charge in [-0.3, -0.25) is 9.59 Å². The first kappa shape index (κ1) is 14.0. The number of aliphatic carboxylic acids is 1. The van der Waals surface area contributed by atoms with Gasteiger partial charge in [0, 0.05) is 18.5 Å². The summed E-state index contributed by atoms with van der Waals surface area (Å²) in [5, 5.41) is 11.8. The van der Waals surface area contributed by atoms with Crippen molar-refractivity contribution in [3.63, 3.8) is 0 Å². The van der Waals surface area contributed by atoms with E-state index in [0.717, 1.165) is 25.7 Å². The fourth-order valence-corrected chi connectivity index (χ4v) is 2.41. The van der Waals surface area contributed by atoms with Crippen LogP contribution in [0.5, 0.6) is 0 Å². The molecular formula is C12H22N2O3. The molecule has 0 bridgehead atoms. The fourth-order valence-electron chi connectivity index (χ4n) is 2.41. The Morgan fingerprint density at radius 2 is 2.18 bits per heavy atom. The lowest BCUT2D eigenvalue weighted by Crippen LogP contribution is -2.42. The van der Waals surface area contributed by atoms with Crippen LogP contribution in [-0.4, -0.2) is 29.1 Å². The minimum atomic E-state index is -0.814. The standard InChI is InChI=1S/C12H22N2O3/c1-2-4-8(13)7-11(15)14-10-6-3-5-9(10)12(16)17/h8-10H,2-7,13H2,1H3,(H,14,15)(H,16,17). The Labute approximate surface area is 102 Å². The van der Waals surface area contributed by atoms with Crippen LogP contribution in [0.4, 0.5) is 0 Å². The third kappa shape index (κ3) is 4.34. The van der Waals surface area contributed by atoms with Gasteiger partial charge in [-0.25, -0.2) is 0 Å². The molecule has 0 aromatic carbocycles. The van der Waals surface area contributed by atoms with Crippen molar-refractivity contribution < 1.29 is 14.7 Å². The van der Waals surface area contributed by atoms with Crippen LogP contribution in [0.3, 0.4) is 0 Å². The van der Waals surface area contributed by atoms with Gasteiger partial charge < -0.3 is 16.2 Å². The zero-order valence-electron chi connectivity index (χ0n) is 10.3. The highest BCUT2D eigenvalue weighted by atomic mass is 16.4. The average molecular weight is 242 g/mol. The zero-order valence-corrected chi connectivity index (χ0v) is 10.3. The second kappa shape index (κ2) is 6.59. The summed E-state index contributed by atoms with van der Waals surface area (Å²) in [6.45, 7) is 2.02. The monoisotopic (exact) mass is 242 g/mol. The van der Waals surface area contributed by atoms with Crippen molar-refractivity contribution in [3.8, 4) is 0 Å². The highest BCUT2D eigenvalue weighted by Crippen LogP contribution is 2.25. The van der Waals surface area contributed by atoms with Crippen LogP contribution in [0.15, 0.2) is 0 Å². The second-order valence-corrected chi connectivity index (χ2v) is 4.80. The number of hydrogen-bond donors (Lipinski definition) is 3. The Balaban J connectivity index is 2.37. The van der Waals surface area contributed by atoms with Gasteiger partial charge in [0.2, 0.25) is 5.91 Å². The van der Waals surface area contributed by atoms with Gasteiger partial charge >= 0.3 is 5.97 Å². The molecular weight excluding hydrogens is 220 g/mol. The maximum atomic E-state index is 11.7. The van der Waals surface area contributed by atoms with Gasteiger partial charge in [0.1, 0.15) is 0 Å². The lowest BCUT2D eigenvalue weighted by molar-refractivity contribution is -0.142. The predicted molar refractivity (Wildman–Crippen MR) is 64.4 cm³/mol. The molecule has 3 atom stereocenters. The number of hydrogen-bond acceptors (Lipinski definition) is 3. The molecule has 3 unspecified atom stereocenters. The van der Waals surface area contributed by atoms with Crippen molar-refractivity contribution in [1.82, 2.24) is 5.32 Å². The van der Waals surface area contributed by atoms with Crippen molar-refractivity contribution >= 4 is 11.9 Å². The summed E-state index contributed by atoms with van der Waals surface area (Å²) in [5.41, 5.74) is 5.78. The molecule has 0 aromatic rings. The minimum absolute atomic E-state index is 0.121. The molecule has 0 heterocycles. The van der Waals surface area contributed by atoms with Gasteiger partial charge in [-0.15, -0.1) is 0 Å². The Morgan fingerprint density at radius 1 is 1.47 bits per heavy atom. The molecule has 4 N–H and O–H groups in total. The summed E-state index contributed by atoms with van der Waals surface area (Å²) in [4.78, 5) is 22.6. The van der Waals surface area contributed by atoms with E-state index >= 15 is 0 Å². The molecule has 0 radical (unpaired) electrons. The summed E-state index contributed by atoms with van der Waals surface area (Å²) < 4.78 is 0. The van der Waals surface area contributed by atoms with E-state index in [-0.39, 0.29) is 24.4 Å². The largest absolute Gasteiger partial charge is 0.481 e. The van der Waals surface area contributed by atoms with Crippen LogP contribution < -0.4 is 11.1 Å². The van der Waals surface area contributed by atoms with Gasteiger partial charge in [-0.05, 0) is 19.3 Å². The van der Waals surface area contributed by atoms with Crippen LogP contribution in [0, 0.1) is 5.92 Å². The SMILES string of the molecule is CCCC(N)CC(=O)NC1CCCC1C(=O)O. The summed E-state index contributed by atoms with van der Waals surface area (Å²) in [6, 6.07) is -0.335. The fraction of sp³-hybridized carbons (Fsp3) is 0.833. The third-order valence-corrected chi connectivity index (χ3v) is 3.29. The molecule has 1 amide bonds. The van der Waals surface area contributed by atoms with Gasteiger partial charge in [0.25, 0.3) is 0 Å². The summed E-state index contributed by atoms with van der Waals surface area (Å²) in [7, 11) is 0. The first-order valence-electron chi connectivity index (χ1n) is 6.32. The Bertz CT molecular complexity index is 281. The molecule has 1 aliphatic rings. The Kier molecular flexibility index (Phi) is 5.41. The Morgan fingerprint density at radius 3 is 2.76 bits per heavy atom. The maximum absolute atomic E-state index is 11.7. The van der Waals surface area contributed by atoms with Gasteiger partial charge in [0.05, 0.1) is 5.92 Å². The molecule has 5 nitrogen and oxygen atoms in total. The quantitative estimate of drug-likeness (QED) is 0.644. The van der Waals surface area contributed by atoms with Crippen LogP contribution in [0.1, 0.15) is 45.4 Å². The number of carboxylic acid groups (broad SMARTS) is 1. The summed E-state index contributed by atoms with van der Waals surface area (Å²) >= 11 is 0. The highest BCUT2D eigenvalue weighted by Gasteiger charge is 2.33. The molecule has 0 saturated heterocycles. The normalized spacial score (nSPS) is 25.5. The van der Waals surface area contributed by atoms with Crippen molar-refractivity contribution in [3.05, 3.63) is 0 Å². The number of carbonyl (C=O) groups is 2. The summed E-state index contributed by atoms with van der Waals surface area (Å²) in [5.74, 6) is -1.36. The zero-order chi connectivity index (χ0) is 12.8. The predicted octanol–water partition coefficient (Wildman–Crippen LogP) is 0.873. The number of nitrogens with two attached hydrogens (primary N) is 1. The topological polar surface area (TPSA) is 92.4 Å². The van der Waals surface area contributed by atoms with Crippen LogP contribution >= 0.6 is 0 Å². The van der Waals surface area contributed by atoms with E-state index in [2.05, 4.69) is 5.32 Å². The smallest absolute Gasteiger partial charge is 0.308 e. The molecule has 0 spiro atoms. The van der Waals surface area contributed by atoms with E-state index in [4.69, 9.17) is 10.8 Å². The lowest BCUT2D eigenvalue weighted by atomic mass is 10.0. The first-order chi connectivity index (χ1) is 8.04. The molecule has 0 aliphatic heterocycles. The average Bonchev–Trinajstić information content (AvgIpc) is 2.65.